The molecule has 14 rings (SSSR count). The molecule has 0 radical (unpaired) electrons. The number of fused-ring (bicyclic) bond motifs is 10. The molecule has 0 bridgehead atoms. The largest absolute Gasteiger partial charge is 0.309 e. The first-order chi connectivity index (χ1) is 33.7. The summed E-state index contributed by atoms with van der Waals surface area (Å²) in [6.45, 7) is 0. The highest BCUT2D eigenvalue weighted by atomic mass is 15.0. The van der Waals surface area contributed by atoms with Crippen LogP contribution in [-0.2, 0) is 0 Å². The zero-order valence-corrected chi connectivity index (χ0v) is 36.9. The Hall–Kier alpha value is -8.93. The molecule has 3 aromatic heterocycles. The van der Waals surface area contributed by atoms with E-state index >= 15 is 0 Å². The van der Waals surface area contributed by atoms with Gasteiger partial charge in [0.25, 0.3) is 0 Å². The van der Waals surface area contributed by atoms with E-state index in [1.165, 1.54) is 38.3 Å². The number of nitrogens with zero attached hydrogens (tertiary/aromatic N) is 5. The molecule has 9 aromatic carbocycles. The van der Waals surface area contributed by atoms with Crippen LogP contribution in [0.3, 0.4) is 0 Å². The van der Waals surface area contributed by atoms with E-state index < -0.39 is 0 Å². The first kappa shape index (κ1) is 38.3. The minimum atomic E-state index is 0.227. The summed E-state index contributed by atoms with van der Waals surface area (Å²) >= 11 is 0. The van der Waals surface area contributed by atoms with Gasteiger partial charge in [-0.05, 0) is 88.0 Å². The van der Waals surface area contributed by atoms with E-state index in [1.807, 2.05) is 18.2 Å². The average molecular weight is 868 g/mol. The van der Waals surface area contributed by atoms with E-state index in [0.717, 1.165) is 66.4 Å². The molecule has 5 nitrogen and oxygen atoms in total. The van der Waals surface area contributed by atoms with Crippen LogP contribution in [0.15, 0.2) is 231 Å². The highest BCUT2D eigenvalue weighted by Gasteiger charge is 2.32. The first-order valence-electron chi connectivity index (χ1n) is 23.4. The van der Waals surface area contributed by atoms with Gasteiger partial charge in [0.05, 0.1) is 27.9 Å². The summed E-state index contributed by atoms with van der Waals surface area (Å²) in [5, 5.41) is 8.23. The molecule has 2 atom stereocenters. The highest BCUT2D eigenvalue weighted by molar-refractivity contribution is 6.11. The third-order valence-electron chi connectivity index (χ3n) is 14.1. The third-order valence-corrected chi connectivity index (χ3v) is 14.1. The lowest BCUT2D eigenvalue weighted by Crippen LogP contribution is -2.14. The predicted octanol–water partition coefficient (Wildman–Crippen LogP) is 15.7. The standard InChI is InChI=1S/C63H41N5/c1-4-18-40(19-5-1)51-39-53(48-28-14-15-30-50(48)60(51)68-57-35-32-41-20-12-13-27-47(41)59(57)54-36-43-23-10-11-24-44(43)38-58(54)68)63-65-61(42-21-6-2-7-22-42)64-62(66-63)45-33-34-56-52(37-45)49-29-16-17-31-55(49)67(56)46-25-8-3-9-26-46/h1-39,41,47H. The average Bonchev–Trinajstić information content (AvgIpc) is 3.92. The molecule has 68 heavy (non-hydrogen) atoms. The van der Waals surface area contributed by atoms with Crippen molar-refractivity contribution in [3.8, 4) is 56.7 Å². The topological polar surface area (TPSA) is 48.5 Å². The first-order valence-corrected chi connectivity index (χ1v) is 23.4. The summed E-state index contributed by atoms with van der Waals surface area (Å²) in [6, 6.07) is 71.6. The second kappa shape index (κ2) is 15.3. The fourth-order valence-electron chi connectivity index (χ4n) is 11.0. The van der Waals surface area contributed by atoms with Crippen LogP contribution in [0.2, 0.25) is 0 Å². The van der Waals surface area contributed by atoms with Gasteiger partial charge in [0.1, 0.15) is 0 Å². The zero-order valence-electron chi connectivity index (χ0n) is 36.9. The van der Waals surface area contributed by atoms with E-state index in [4.69, 9.17) is 15.0 Å². The molecule has 12 aromatic rings. The molecule has 5 heteroatoms. The second-order valence-electron chi connectivity index (χ2n) is 17.9. The normalized spacial score (nSPS) is 15.2. The maximum Gasteiger partial charge on any atom is 0.164 e. The maximum atomic E-state index is 5.47. The van der Waals surface area contributed by atoms with Crippen molar-refractivity contribution in [1.29, 1.82) is 0 Å². The fourth-order valence-corrected chi connectivity index (χ4v) is 11.0. The summed E-state index contributed by atoms with van der Waals surface area (Å²) in [4.78, 5) is 16.1. The Morgan fingerprint density at radius 2 is 0.985 bits per heavy atom. The monoisotopic (exact) mass is 867 g/mol. The quantitative estimate of drug-likeness (QED) is 0.167. The number of hydrogen-bond acceptors (Lipinski definition) is 3. The van der Waals surface area contributed by atoms with E-state index in [2.05, 4.69) is 228 Å². The molecule has 0 N–H and O–H groups in total. The van der Waals surface area contributed by atoms with Gasteiger partial charge in [0, 0.05) is 61.3 Å². The van der Waals surface area contributed by atoms with Crippen molar-refractivity contribution >= 4 is 60.3 Å². The van der Waals surface area contributed by atoms with Crippen LogP contribution in [0.4, 0.5) is 0 Å². The van der Waals surface area contributed by atoms with E-state index in [1.54, 1.807) is 0 Å². The van der Waals surface area contributed by atoms with Gasteiger partial charge in [-0.25, -0.2) is 15.0 Å². The molecule has 0 aliphatic heterocycles. The van der Waals surface area contributed by atoms with Gasteiger partial charge in [-0.2, -0.15) is 0 Å². The summed E-state index contributed by atoms with van der Waals surface area (Å²) in [7, 11) is 0. The van der Waals surface area contributed by atoms with Crippen LogP contribution in [0.5, 0.6) is 0 Å². The summed E-state index contributed by atoms with van der Waals surface area (Å²) in [6.07, 6.45) is 13.9. The Morgan fingerprint density at radius 1 is 0.368 bits per heavy atom. The molecule has 2 aliphatic rings. The number of aromatic nitrogens is 5. The molecule has 0 saturated heterocycles. The number of para-hydroxylation sites is 2. The van der Waals surface area contributed by atoms with Crippen LogP contribution in [-0.4, -0.2) is 24.1 Å². The van der Waals surface area contributed by atoms with Crippen LogP contribution >= 0.6 is 0 Å². The maximum absolute atomic E-state index is 5.47. The van der Waals surface area contributed by atoms with Crippen molar-refractivity contribution in [1.82, 2.24) is 24.1 Å². The summed E-state index contributed by atoms with van der Waals surface area (Å²) in [5.74, 6) is 2.38. The third kappa shape index (κ3) is 5.99. The Bertz CT molecular complexity index is 4080. The van der Waals surface area contributed by atoms with Gasteiger partial charge in [-0.3, -0.25) is 0 Å². The lowest BCUT2D eigenvalue weighted by molar-refractivity contribution is 0.694. The van der Waals surface area contributed by atoms with Gasteiger partial charge in [-0.15, -0.1) is 0 Å². The van der Waals surface area contributed by atoms with Gasteiger partial charge >= 0.3 is 0 Å². The van der Waals surface area contributed by atoms with Crippen molar-refractivity contribution in [2.45, 2.75) is 5.92 Å². The van der Waals surface area contributed by atoms with Crippen LogP contribution in [0.25, 0.3) is 117 Å². The molecular weight excluding hydrogens is 827 g/mol. The molecule has 2 aliphatic carbocycles. The van der Waals surface area contributed by atoms with E-state index in [-0.39, 0.29) is 5.92 Å². The summed E-state index contributed by atoms with van der Waals surface area (Å²) in [5.41, 5.74) is 13.3. The lowest BCUT2D eigenvalue weighted by Gasteiger charge is -2.27. The second-order valence-corrected chi connectivity index (χ2v) is 17.9. The Balaban J connectivity index is 1.05. The SMILES string of the molecule is C1=CC2C=Cc3c(c4cc5ccccc5cc4n3-c3c(-c4ccccc4)cc(-c4nc(-c5ccccc5)nc(-c5ccc6c(c5)c5ccccc5n6-c5ccccc5)n4)c4ccccc34)C2C=C1. The minimum Gasteiger partial charge on any atom is -0.309 e. The number of benzene rings is 9. The molecule has 2 unspecified atom stereocenters. The molecule has 0 amide bonds. The molecule has 0 fully saturated rings. The van der Waals surface area contributed by atoms with Crippen molar-refractivity contribution in [2.24, 2.45) is 5.92 Å². The van der Waals surface area contributed by atoms with Crippen molar-refractivity contribution in [3.05, 3.63) is 242 Å². The minimum absolute atomic E-state index is 0.227. The number of allylic oxidation sites excluding steroid dienone is 5. The van der Waals surface area contributed by atoms with E-state index in [9.17, 15) is 0 Å². The van der Waals surface area contributed by atoms with Gasteiger partial charge in [-0.1, -0.05) is 176 Å². The fraction of sp³-hybridized carbons (Fsp3) is 0.0317. The predicted molar refractivity (Wildman–Crippen MR) is 281 cm³/mol. The van der Waals surface area contributed by atoms with Crippen LogP contribution < -0.4 is 0 Å². The van der Waals surface area contributed by atoms with Crippen molar-refractivity contribution < 1.29 is 0 Å². The van der Waals surface area contributed by atoms with Gasteiger partial charge in [0.15, 0.2) is 17.5 Å². The van der Waals surface area contributed by atoms with Gasteiger partial charge in [0.2, 0.25) is 0 Å². The molecule has 3 heterocycles. The van der Waals surface area contributed by atoms with E-state index in [0.29, 0.717) is 23.4 Å². The van der Waals surface area contributed by atoms with Crippen molar-refractivity contribution in [3.63, 3.8) is 0 Å². The van der Waals surface area contributed by atoms with Crippen molar-refractivity contribution in [2.75, 3.05) is 0 Å². The molecule has 0 saturated carbocycles. The molecule has 318 valence electrons. The smallest absolute Gasteiger partial charge is 0.164 e. The van der Waals surface area contributed by atoms with Gasteiger partial charge < -0.3 is 9.13 Å². The Kier molecular flexibility index (Phi) is 8.65. The Morgan fingerprint density at radius 3 is 1.78 bits per heavy atom. The summed E-state index contributed by atoms with van der Waals surface area (Å²) < 4.78 is 4.88. The Labute approximate surface area is 393 Å². The highest BCUT2D eigenvalue weighted by Crippen LogP contribution is 2.49. The van der Waals surface area contributed by atoms with Crippen LogP contribution in [0, 0.1) is 5.92 Å². The molecular formula is C63H41N5. The number of hydrogen-bond donors (Lipinski definition) is 0. The molecule has 0 spiro atoms. The van der Waals surface area contributed by atoms with Crippen LogP contribution in [0.1, 0.15) is 17.2 Å². The lowest BCUT2D eigenvalue weighted by atomic mass is 9.78. The number of rotatable bonds is 6. The zero-order chi connectivity index (χ0) is 44.7.